The number of carbonyl (C=O) groups is 1. The smallest absolute Gasteiger partial charge is 0.410 e. The average Bonchev–Trinajstić information content (AvgIpc) is 2.77. The van der Waals surface area contributed by atoms with E-state index in [2.05, 4.69) is 26.0 Å². The van der Waals surface area contributed by atoms with Gasteiger partial charge in [0.25, 0.3) is 0 Å². The molecule has 1 aliphatic rings. The van der Waals surface area contributed by atoms with Gasteiger partial charge < -0.3 is 4.74 Å². The second kappa shape index (κ2) is 5.47. The summed E-state index contributed by atoms with van der Waals surface area (Å²) in [4.78, 5) is 13.9. The van der Waals surface area contributed by atoms with Crippen molar-refractivity contribution in [3.63, 3.8) is 0 Å². The number of amides is 1. The normalized spacial score (nSPS) is 14.3. The number of carbonyl (C=O) groups excluding carboxylic acids is 1. The topological polar surface area (TPSA) is 29.5 Å². The number of ether oxygens (including phenoxy) is 1. The Bertz CT molecular complexity index is 481. The van der Waals surface area contributed by atoms with Crippen molar-refractivity contribution < 1.29 is 9.53 Å². The maximum atomic E-state index is 12.1. The van der Waals surface area contributed by atoms with Crippen LogP contribution in [-0.4, -0.2) is 16.6 Å². The van der Waals surface area contributed by atoms with E-state index in [4.69, 9.17) is 4.74 Å². The predicted molar refractivity (Wildman–Crippen MR) is 80.7 cm³/mol. The molecule has 2 rings (SSSR count). The van der Waals surface area contributed by atoms with Crippen molar-refractivity contribution in [2.45, 2.75) is 66.2 Å². The molecular formula is C17H25NO2. The third-order valence-electron chi connectivity index (χ3n) is 3.66. The lowest BCUT2D eigenvalue weighted by Gasteiger charge is -2.24. The molecule has 1 amide bonds. The minimum atomic E-state index is -0.436. The van der Waals surface area contributed by atoms with E-state index in [1.54, 1.807) is 4.90 Å². The zero-order valence-corrected chi connectivity index (χ0v) is 13.2. The van der Waals surface area contributed by atoms with Crippen molar-refractivity contribution in [1.82, 2.24) is 4.90 Å². The van der Waals surface area contributed by atoms with E-state index in [0.717, 1.165) is 12.8 Å². The van der Waals surface area contributed by atoms with Crippen LogP contribution in [0.2, 0.25) is 0 Å². The molecule has 0 bridgehead atoms. The summed E-state index contributed by atoms with van der Waals surface area (Å²) in [5.74, 6) is 0. The molecule has 20 heavy (non-hydrogen) atoms. The fraction of sp³-hybridized carbons (Fsp3) is 0.588. The van der Waals surface area contributed by atoms with Crippen LogP contribution in [0.25, 0.3) is 0 Å². The molecule has 1 aliphatic heterocycles. The highest BCUT2D eigenvalue weighted by Crippen LogP contribution is 2.28. The van der Waals surface area contributed by atoms with Gasteiger partial charge in [0.15, 0.2) is 0 Å². The van der Waals surface area contributed by atoms with Crippen molar-refractivity contribution in [3.05, 3.63) is 34.4 Å². The Morgan fingerprint density at radius 3 is 1.90 bits per heavy atom. The lowest BCUT2D eigenvalue weighted by atomic mass is 9.97. The molecule has 0 aliphatic carbocycles. The second-order valence-corrected chi connectivity index (χ2v) is 6.43. The summed E-state index contributed by atoms with van der Waals surface area (Å²) in [5, 5.41) is 0. The van der Waals surface area contributed by atoms with E-state index >= 15 is 0 Å². The van der Waals surface area contributed by atoms with Gasteiger partial charge in [-0.15, -0.1) is 0 Å². The summed E-state index contributed by atoms with van der Waals surface area (Å²) in [6.07, 6.45) is 1.87. The number of aryl methyl sites for hydroxylation is 2. The van der Waals surface area contributed by atoms with E-state index in [1.807, 2.05) is 20.8 Å². The summed E-state index contributed by atoms with van der Waals surface area (Å²) in [6, 6.07) is 4.52. The van der Waals surface area contributed by atoms with Gasteiger partial charge in [0.1, 0.15) is 5.60 Å². The quantitative estimate of drug-likeness (QED) is 0.814. The Morgan fingerprint density at radius 1 is 1.10 bits per heavy atom. The molecule has 110 valence electrons. The van der Waals surface area contributed by atoms with E-state index in [0.29, 0.717) is 13.1 Å². The van der Waals surface area contributed by atoms with Crippen molar-refractivity contribution >= 4 is 6.09 Å². The molecule has 3 heteroatoms. The Labute approximate surface area is 121 Å². The van der Waals surface area contributed by atoms with Crippen molar-refractivity contribution in [1.29, 1.82) is 0 Å². The largest absolute Gasteiger partial charge is 0.444 e. The maximum absolute atomic E-state index is 12.1. The predicted octanol–water partition coefficient (Wildman–Crippen LogP) is 4.06. The van der Waals surface area contributed by atoms with Gasteiger partial charge in [0, 0.05) is 13.1 Å². The highest BCUT2D eigenvalue weighted by molar-refractivity contribution is 5.69. The first-order valence-corrected chi connectivity index (χ1v) is 7.45. The minimum absolute atomic E-state index is 0.218. The van der Waals surface area contributed by atoms with Crippen LogP contribution in [0.4, 0.5) is 4.79 Å². The first-order chi connectivity index (χ1) is 9.34. The van der Waals surface area contributed by atoms with Crippen molar-refractivity contribution in [2.24, 2.45) is 0 Å². The van der Waals surface area contributed by atoms with Gasteiger partial charge in [0.05, 0.1) is 0 Å². The van der Waals surface area contributed by atoms with Gasteiger partial charge in [-0.25, -0.2) is 4.79 Å². The van der Waals surface area contributed by atoms with Crippen LogP contribution >= 0.6 is 0 Å². The summed E-state index contributed by atoms with van der Waals surface area (Å²) >= 11 is 0. The standard InChI is InChI=1S/C17H25NO2/c1-6-12-8-14-10-18(16(19)20-17(3,4)5)11-15(14)9-13(12)7-2/h8-9H,6-7,10-11H2,1-5H3. The average molecular weight is 275 g/mol. The summed E-state index contributed by atoms with van der Waals surface area (Å²) in [5.41, 5.74) is 4.90. The molecular weight excluding hydrogens is 250 g/mol. The highest BCUT2D eigenvalue weighted by atomic mass is 16.6. The van der Waals surface area contributed by atoms with Crippen molar-refractivity contribution in [3.8, 4) is 0 Å². The fourth-order valence-electron chi connectivity index (χ4n) is 2.67. The van der Waals surface area contributed by atoms with E-state index in [9.17, 15) is 4.79 Å². The third kappa shape index (κ3) is 3.14. The third-order valence-corrected chi connectivity index (χ3v) is 3.66. The monoisotopic (exact) mass is 275 g/mol. The van der Waals surface area contributed by atoms with Gasteiger partial charge in [-0.3, -0.25) is 4.90 Å². The summed E-state index contributed by atoms with van der Waals surface area (Å²) < 4.78 is 5.45. The molecule has 0 radical (unpaired) electrons. The molecule has 0 atom stereocenters. The molecule has 0 saturated heterocycles. The first kappa shape index (κ1) is 14.9. The second-order valence-electron chi connectivity index (χ2n) is 6.43. The molecule has 0 unspecified atom stereocenters. The Morgan fingerprint density at radius 2 is 1.55 bits per heavy atom. The molecule has 1 aromatic rings. The van der Waals surface area contributed by atoms with E-state index in [-0.39, 0.29) is 6.09 Å². The van der Waals surface area contributed by atoms with Crippen LogP contribution in [0.15, 0.2) is 12.1 Å². The summed E-state index contributed by atoms with van der Waals surface area (Å²) in [6.45, 7) is 11.4. The van der Waals surface area contributed by atoms with Crippen LogP contribution < -0.4 is 0 Å². The van der Waals surface area contributed by atoms with Gasteiger partial charge in [-0.05, 0) is 55.9 Å². The van der Waals surface area contributed by atoms with Gasteiger partial charge in [-0.1, -0.05) is 26.0 Å². The molecule has 3 nitrogen and oxygen atoms in total. The zero-order valence-electron chi connectivity index (χ0n) is 13.2. The number of hydrogen-bond acceptors (Lipinski definition) is 2. The first-order valence-electron chi connectivity index (χ1n) is 7.45. The lowest BCUT2D eigenvalue weighted by Crippen LogP contribution is -2.33. The van der Waals surface area contributed by atoms with E-state index < -0.39 is 5.60 Å². The molecule has 1 aromatic carbocycles. The zero-order chi connectivity index (χ0) is 14.9. The fourth-order valence-corrected chi connectivity index (χ4v) is 2.67. The molecule has 0 N–H and O–H groups in total. The number of fused-ring (bicyclic) bond motifs is 1. The van der Waals surface area contributed by atoms with E-state index in [1.165, 1.54) is 22.3 Å². The van der Waals surface area contributed by atoms with Crippen LogP contribution in [0.1, 0.15) is 56.9 Å². The Kier molecular flexibility index (Phi) is 4.07. The van der Waals surface area contributed by atoms with Crippen LogP contribution in [0, 0.1) is 0 Å². The molecule has 0 aromatic heterocycles. The van der Waals surface area contributed by atoms with Gasteiger partial charge in [-0.2, -0.15) is 0 Å². The maximum Gasteiger partial charge on any atom is 0.410 e. The Hall–Kier alpha value is -1.51. The number of hydrogen-bond donors (Lipinski definition) is 0. The SMILES string of the molecule is CCc1cc2c(cc1CC)CN(C(=O)OC(C)(C)C)C2. The van der Waals surface area contributed by atoms with Crippen LogP contribution in [0.3, 0.4) is 0 Å². The molecule has 0 spiro atoms. The Balaban J connectivity index is 2.17. The molecule has 0 saturated carbocycles. The highest BCUT2D eigenvalue weighted by Gasteiger charge is 2.28. The van der Waals surface area contributed by atoms with Crippen molar-refractivity contribution in [2.75, 3.05) is 0 Å². The summed E-state index contributed by atoms with van der Waals surface area (Å²) in [7, 11) is 0. The number of rotatable bonds is 2. The van der Waals surface area contributed by atoms with Crippen LogP contribution in [-0.2, 0) is 30.7 Å². The number of nitrogens with zero attached hydrogens (tertiary/aromatic N) is 1. The number of benzene rings is 1. The van der Waals surface area contributed by atoms with Crippen LogP contribution in [0.5, 0.6) is 0 Å². The van der Waals surface area contributed by atoms with Gasteiger partial charge >= 0.3 is 6.09 Å². The lowest BCUT2D eigenvalue weighted by molar-refractivity contribution is 0.0242. The molecule has 0 fully saturated rings. The van der Waals surface area contributed by atoms with Gasteiger partial charge in [0.2, 0.25) is 0 Å². The molecule has 1 heterocycles. The minimum Gasteiger partial charge on any atom is -0.444 e.